The maximum absolute atomic E-state index is 3.76. The van der Waals surface area contributed by atoms with Crippen molar-refractivity contribution in [3.8, 4) is 0 Å². The molecule has 0 spiro atoms. The van der Waals surface area contributed by atoms with E-state index in [4.69, 9.17) is 0 Å². The summed E-state index contributed by atoms with van der Waals surface area (Å²) in [5.41, 5.74) is 3.17. The van der Waals surface area contributed by atoms with Crippen molar-refractivity contribution in [2.24, 2.45) is 5.92 Å². The SMILES string of the molecule is C=CCCC(C)CCC(C)=C(C)CC. The van der Waals surface area contributed by atoms with Gasteiger partial charge in [0.2, 0.25) is 0 Å². The average molecular weight is 194 g/mol. The van der Waals surface area contributed by atoms with E-state index >= 15 is 0 Å². The van der Waals surface area contributed by atoms with E-state index in [1.807, 2.05) is 6.08 Å². The Morgan fingerprint density at radius 3 is 2.36 bits per heavy atom. The molecule has 0 heterocycles. The van der Waals surface area contributed by atoms with Gasteiger partial charge in [0, 0.05) is 0 Å². The Balaban J connectivity index is 3.76. The van der Waals surface area contributed by atoms with Gasteiger partial charge in [-0.15, -0.1) is 6.58 Å². The summed E-state index contributed by atoms with van der Waals surface area (Å²) in [5, 5.41) is 0. The summed E-state index contributed by atoms with van der Waals surface area (Å²) in [5.74, 6) is 0.840. The number of hydrogen-bond donors (Lipinski definition) is 0. The van der Waals surface area contributed by atoms with Crippen molar-refractivity contribution in [2.75, 3.05) is 0 Å². The highest BCUT2D eigenvalue weighted by molar-refractivity contribution is 5.08. The quantitative estimate of drug-likeness (QED) is 0.494. The highest BCUT2D eigenvalue weighted by Crippen LogP contribution is 2.19. The zero-order valence-corrected chi connectivity index (χ0v) is 10.4. The molecule has 0 N–H and O–H groups in total. The maximum atomic E-state index is 3.76. The normalized spacial score (nSPS) is 14.9. The first kappa shape index (κ1) is 13.5. The molecule has 0 aromatic heterocycles. The van der Waals surface area contributed by atoms with Crippen LogP contribution in [-0.4, -0.2) is 0 Å². The first-order valence-electron chi connectivity index (χ1n) is 5.87. The third-order valence-corrected chi connectivity index (χ3v) is 3.13. The van der Waals surface area contributed by atoms with Crippen molar-refractivity contribution in [2.45, 2.75) is 59.8 Å². The summed E-state index contributed by atoms with van der Waals surface area (Å²) in [6.45, 7) is 12.9. The van der Waals surface area contributed by atoms with Crippen LogP contribution in [0.5, 0.6) is 0 Å². The van der Waals surface area contributed by atoms with E-state index < -0.39 is 0 Å². The largest absolute Gasteiger partial charge is 0.103 e. The minimum atomic E-state index is 0.840. The molecule has 1 atom stereocenters. The van der Waals surface area contributed by atoms with Crippen molar-refractivity contribution in [1.29, 1.82) is 0 Å². The third-order valence-electron chi connectivity index (χ3n) is 3.13. The zero-order valence-electron chi connectivity index (χ0n) is 10.4. The Labute approximate surface area is 90.1 Å². The molecule has 0 saturated heterocycles. The van der Waals surface area contributed by atoms with Crippen molar-refractivity contribution < 1.29 is 0 Å². The molecule has 0 aromatic rings. The Bertz CT molecular complexity index is 186. The van der Waals surface area contributed by atoms with Crippen molar-refractivity contribution in [3.05, 3.63) is 23.8 Å². The van der Waals surface area contributed by atoms with Gasteiger partial charge in [-0.3, -0.25) is 0 Å². The molecule has 0 heteroatoms. The second-order valence-corrected chi connectivity index (χ2v) is 4.42. The molecule has 0 bridgehead atoms. The second kappa shape index (κ2) is 7.84. The van der Waals surface area contributed by atoms with E-state index in [1.165, 1.54) is 25.7 Å². The lowest BCUT2D eigenvalue weighted by Crippen LogP contribution is -1.95. The Hall–Kier alpha value is -0.520. The number of rotatable bonds is 7. The van der Waals surface area contributed by atoms with Crippen LogP contribution in [-0.2, 0) is 0 Å². The zero-order chi connectivity index (χ0) is 11.0. The van der Waals surface area contributed by atoms with E-state index in [-0.39, 0.29) is 0 Å². The lowest BCUT2D eigenvalue weighted by atomic mass is 9.95. The minimum absolute atomic E-state index is 0.840. The molecule has 0 aromatic carbocycles. The van der Waals surface area contributed by atoms with Crippen LogP contribution in [0, 0.1) is 5.92 Å². The standard InChI is InChI=1S/C14H26/c1-6-8-9-12(3)10-11-14(5)13(4)7-2/h6,12H,1,7-11H2,2-5H3. The first-order chi connectivity index (χ1) is 6.61. The molecule has 0 saturated carbocycles. The average Bonchev–Trinajstić information content (AvgIpc) is 2.21. The van der Waals surface area contributed by atoms with Crippen molar-refractivity contribution >= 4 is 0 Å². The van der Waals surface area contributed by atoms with Crippen molar-refractivity contribution in [1.82, 2.24) is 0 Å². The molecule has 0 amide bonds. The molecule has 1 unspecified atom stereocenters. The van der Waals surface area contributed by atoms with E-state index in [2.05, 4.69) is 34.3 Å². The summed E-state index contributed by atoms with van der Waals surface area (Å²) in [6.07, 6.45) is 8.29. The molecular formula is C14H26. The molecule has 0 aliphatic heterocycles. The monoisotopic (exact) mass is 194 g/mol. The molecule has 0 aliphatic carbocycles. The molecule has 0 fully saturated rings. The van der Waals surface area contributed by atoms with Gasteiger partial charge < -0.3 is 0 Å². The fraction of sp³-hybridized carbons (Fsp3) is 0.714. The van der Waals surface area contributed by atoms with Gasteiger partial charge in [0.1, 0.15) is 0 Å². The van der Waals surface area contributed by atoms with Crippen LogP contribution < -0.4 is 0 Å². The highest BCUT2D eigenvalue weighted by atomic mass is 14.1. The van der Waals surface area contributed by atoms with Crippen LogP contribution in [0.2, 0.25) is 0 Å². The van der Waals surface area contributed by atoms with Crippen LogP contribution in [0.1, 0.15) is 59.8 Å². The smallest absolute Gasteiger partial charge is 0.0318 e. The lowest BCUT2D eigenvalue weighted by molar-refractivity contribution is 0.495. The predicted molar refractivity (Wildman–Crippen MR) is 66.5 cm³/mol. The second-order valence-electron chi connectivity index (χ2n) is 4.42. The molecule has 0 nitrogen and oxygen atoms in total. The molecule has 0 aliphatic rings. The third kappa shape index (κ3) is 6.01. The van der Waals surface area contributed by atoms with Crippen molar-refractivity contribution in [3.63, 3.8) is 0 Å². The summed E-state index contributed by atoms with van der Waals surface area (Å²) in [6, 6.07) is 0. The summed E-state index contributed by atoms with van der Waals surface area (Å²) < 4.78 is 0. The molecule has 0 rings (SSSR count). The Morgan fingerprint density at radius 1 is 1.21 bits per heavy atom. The topological polar surface area (TPSA) is 0 Å². The van der Waals surface area contributed by atoms with Crippen LogP contribution in [0.4, 0.5) is 0 Å². The van der Waals surface area contributed by atoms with E-state index in [1.54, 1.807) is 11.1 Å². The van der Waals surface area contributed by atoms with Crippen LogP contribution in [0.25, 0.3) is 0 Å². The van der Waals surface area contributed by atoms with E-state index in [0.717, 1.165) is 12.3 Å². The van der Waals surface area contributed by atoms with Gasteiger partial charge in [-0.1, -0.05) is 31.1 Å². The van der Waals surface area contributed by atoms with E-state index in [0.29, 0.717) is 0 Å². The van der Waals surface area contributed by atoms with Gasteiger partial charge in [-0.25, -0.2) is 0 Å². The van der Waals surface area contributed by atoms with Gasteiger partial charge in [0.15, 0.2) is 0 Å². The summed E-state index contributed by atoms with van der Waals surface area (Å²) in [7, 11) is 0. The summed E-state index contributed by atoms with van der Waals surface area (Å²) >= 11 is 0. The first-order valence-corrected chi connectivity index (χ1v) is 5.87. The Morgan fingerprint density at radius 2 is 1.86 bits per heavy atom. The summed E-state index contributed by atoms with van der Waals surface area (Å²) in [4.78, 5) is 0. The fourth-order valence-corrected chi connectivity index (χ4v) is 1.52. The van der Waals surface area contributed by atoms with Gasteiger partial charge >= 0.3 is 0 Å². The van der Waals surface area contributed by atoms with Crippen LogP contribution in [0.3, 0.4) is 0 Å². The van der Waals surface area contributed by atoms with Gasteiger partial charge in [0.25, 0.3) is 0 Å². The Kier molecular flexibility index (Phi) is 7.55. The predicted octanol–water partition coefficient (Wildman–Crippen LogP) is 5.12. The van der Waals surface area contributed by atoms with Crippen LogP contribution in [0.15, 0.2) is 23.8 Å². The number of hydrogen-bond acceptors (Lipinski definition) is 0. The lowest BCUT2D eigenvalue weighted by Gasteiger charge is -2.11. The molecule has 14 heavy (non-hydrogen) atoms. The molecule has 82 valence electrons. The minimum Gasteiger partial charge on any atom is -0.103 e. The highest BCUT2D eigenvalue weighted by Gasteiger charge is 2.02. The van der Waals surface area contributed by atoms with Gasteiger partial charge in [-0.2, -0.15) is 0 Å². The van der Waals surface area contributed by atoms with E-state index in [9.17, 15) is 0 Å². The van der Waals surface area contributed by atoms with Gasteiger partial charge in [-0.05, 0) is 51.9 Å². The molecular weight excluding hydrogens is 168 g/mol. The number of allylic oxidation sites excluding steroid dienone is 3. The molecule has 0 radical (unpaired) electrons. The van der Waals surface area contributed by atoms with Gasteiger partial charge in [0.05, 0.1) is 0 Å². The van der Waals surface area contributed by atoms with Crippen LogP contribution >= 0.6 is 0 Å². The fourth-order valence-electron chi connectivity index (χ4n) is 1.52. The maximum Gasteiger partial charge on any atom is -0.0318 e.